The van der Waals surface area contributed by atoms with E-state index in [9.17, 15) is 4.79 Å². The summed E-state index contributed by atoms with van der Waals surface area (Å²) in [6.45, 7) is 2.22. The molecule has 0 spiro atoms. The van der Waals surface area contributed by atoms with Crippen LogP contribution >= 0.6 is 0 Å². The van der Waals surface area contributed by atoms with Crippen LogP contribution in [0.5, 0.6) is 0 Å². The van der Waals surface area contributed by atoms with Gasteiger partial charge < -0.3 is 5.11 Å². The van der Waals surface area contributed by atoms with Gasteiger partial charge in [0.05, 0.1) is 0 Å². The topological polar surface area (TPSA) is 37.3 Å². The fraction of sp³-hybridized carbons (Fsp3) is 0.611. The smallest absolute Gasteiger partial charge is 0.303 e. The third kappa shape index (κ3) is 16.5. The first-order chi connectivity index (χ1) is 9.77. The van der Waals surface area contributed by atoms with Crippen LogP contribution in [0.1, 0.15) is 71.1 Å². The van der Waals surface area contributed by atoms with Gasteiger partial charge in [0, 0.05) is 19.3 Å². The summed E-state index contributed by atoms with van der Waals surface area (Å²) in [5, 5.41) is 8.47. The summed E-state index contributed by atoms with van der Waals surface area (Å²) in [5.74, 6) is 5.44. The van der Waals surface area contributed by atoms with E-state index in [2.05, 4.69) is 43.1 Å². The second kappa shape index (κ2) is 15.6. The number of rotatable bonds is 11. The largest absolute Gasteiger partial charge is 0.481 e. The van der Waals surface area contributed by atoms with Crippen LogP contribution in [-0.4, -0.2) is 11.1 Å². The summed E-state index contributed by atoms with van der Waals surface area (Å²) in [6.07, 6.45) is 18.3. The number of carboxylic acid groups (broad SMARTS) is 1. The normalized spacial score (nSPS) is 10.8. The minimum Gasteiger partial charge on any atom is -0.481 e. The maximum Gasteiger partial charge on any atom is 0.303 e. The second-order valence-corrected chi connectivity index (χ2v) is 4.83. The number of unbranched alkanes of at least 4 members (excludes halogenated alkanes) is 5. The molecule has 2 nitrogen and oxygen atoms in total. The number of hydrogen-bond donors (Lipinski definition) is 1. The average Bonchev–Trinajstić information content (AvgIpc) is 2.43. The molecule has 0 radical (unpaired) electrons. The lowest BCUT2D eigenvalue weighted by molar-refractivity contribution is -0.137. The summed E-state index contributed by atoms with van der Waals surface area (Å²) in [4.78, 5) is 10.3. The van der Waals surface area contributed by atoms with E-state index in [1.165, 1.54) is 25.7 Å². The van der Waals surface area contributed by atoms with Crippen molar-refractivity contribution in [3.8, 4) is 11.8 Å². The molecule has 0 aromatic carbocycles. The van der Waals surface area contributed by atoms with E-state index in [0.717, 1.165) is 32.1 Å². The van der Waals surface area contributed by atoms with Crippen molar-refractivity contribution in [2.24, 2.45) is 0 Å². The Labute approximate surface area is 124 Å². The maximum atomic E-state index is 10.3. The molecule has 0 unspecified atom stereocenters. The summed E-state index contributed by atoms with van der Waals surface area (Å²) in [6, 6.07) is 0. The molecule has 2 heteroatoms. The first-order valence-electron chi connectivity index (χ1n) is 7.75. The fourth-order valence-corrected chi connectivity index (χ4v) is 1.69. The highest BCUT2D eigenvalue weighted by atomic mass is 16.4. The van der Waals surface area contributed by atoms with Gasteiger partial charge in [-0.15, -0.1) is 5.92 Å². The fourth-order valence-electron chi connectivity index (χ4n) is 1.69. The molecule has 0 aromatic heterocycles. The molecule has 0 aliphatic carbocycles. The van der Waals surface area contributed by atoms with Gasteiger partial charge in [0.1, 0.15) is 0 Å². The van der Waals surface area contributed by atoms with Gasteiger partial charge in [0.15, 0.2) is 0 Å². The molecule has 0 aliphatic rings. The van der Waals surface area contributed by atoms with Crippen molar-refractivity contribution in [3.63, 3.8) is 0 Å². The molecule has 0 heterocycles. The SMILES string of the molecule is CCCCC/C=C\C/C=C\CC#CCCCCC(=O)O. The molecule has 1 N–H and O–H groups in total. The molecule has 0 aromatic rings. The summed E-state index contributed by atoms with van der Waals surface area (Å²) >= 11 is 0. The van der Waals surface area contributed by atoms with E-state index in [-0.39, 0.29) is 6.42 Å². The van der Waals surface area contributed by atoms with Crippen LogP contribution in [0.3, 0.4) is 0 Å². The Morgan fingerprint density at radius 3 is 2.55 bits per heavy atom. The minimum absolute atomic E-state index is 0.256. The van der Waals surface area contributed by atoms with Crippen LogP contribution in [0.2, 0.25) is 0 Å². The Kier molecular flexibility index (Phi) is 14.4. The van der Waals surface area contributed by atoms with Crippen molar-refractivity contribution in [2.45, 2.75) is 71.1 Å². The van der Waals surface area contributed by atoms with Crippen LogP contribution in [0.25, 0.3) is 0 Å². The first-order valence-corrected chi connectivity index (χ1v) is 7.75. The lowest BCUT2D eigenvalue weighted by Crippen LogP contribution is -1.92. The molecule has 0 amide bonds. The Balaban J connectivity index is 3.37. The van der Waals surface area contributed by atoms with Crippen LogP contribution < -0.4 is 0 Å². The molecule has 0 fully saturated rings. The predicted octanol–water partition coefficient (Wildman–Crippen LogP) is 5.11. The van der Waals surface area contributed by atoms with Gasteiger partial charge in [0.25, 0.3) is 0 Å². The number of carbonyl (C=O) groups is 1. The monoisotopic (exact) mass is 276 g/mol. The number of hydrogen-bond acceptors (Lipinski definition) is 1. The molecule has 0 bridgehead atoms. The lowest BCUT2D eigenvalue weighted by atomic mass is 10.2. The number of allylic oxidation sites excluding steroid dienone is 4. The van der Waals surface area contributed by atoms with E-state index >= 15 is 0 Å². The zero-order chi connectivity index (χ0) is 14.9. The van der Waals surface area contributed by atoms with Gasteiger partial charge in [-0.3, -0.25) is 4.79 Å². The molecule has 0 saturated carbocycles. The Morgan fingerprint density at radius 1 is 1.00 bits per heavy atom. The summed E-state index contributed by atoms with van der Waals surface area (Å²) in [5.41, 5.74) is 0. The Morgan fingerprint density at radius 2 is 1.80 bits per heavy atom. The van der Waals surface area contributed by atoms with E-state index < -0.39 is 5.97 Å². The molecule has 20 heavy (non-hydrogen) atoms. The van der Waals surface area contributed by atoms with Gasteiger partial charge in [-0.05, 0) is 32.1 Å². The maximum absolute atomic E-state index is 10.3. The quantitative estimate of drug-likeness (QED) is 0.323. The average molecular weight is 276 g/mol. The van der Waals surface area contributed by atoms with Gasteiger partial charge in [-0.1, -0.05) is 50.0 Å². The summed E-state index contributed by atoms with van der Waals surface area (Å²) < 4.78 is 0. The Hall–Kier alpha value is -1.49. The zero-order valence-corrected chi connectivity index (χ0v) is 12.7. The highest BCUT2D eigenvalue weighted by Gasteiger charge is 1.93. The van der Waals surface area contributed by atoms with Crippen molar-refractivity contribution in [1.82, 2.24) is 0 Å². The Bertz CT molecular complexity index is 342. The molecule has 0 atom stereocenters. The van der Waals surface area contributed by atoms with Crippen LogP contribution in [0.4, 0.5) is 0 Å². The molecule has 0 saturated heterocycles. The zero-order valence-electron chi connectivity index (χ0n) is 12.7. The molecule has 0 aliphatic heterocycles. The van der Waals surface area contributed by atoms with Gasteiger partial charge in [-0.2, -0.15) is 0 Å². The van der Waals surface area contributed by atoms with Crippen LogP contribution in [0, 0.1) is 11.8 Å². The van der Waals surface area contributed by atoms with Gasteiger partial charge >= 0.3 is 5.97 Å². The molecular weight excluding hydrogens is 248 g/mol. The first kappa shape index (κ1) is 18.5. The van der Waals surface area contributed by atoms with Crippen LogP contribution in [0.15, 0.2) is 24.3 Å². The van der Waals surface area contributed by atoms with Crippen molar-refractivity contribution in [1.29, 1.82) is 0 Å². The standard InChI is InChI=1S/C18H28O2/c1-2-3-4-5-6-7-8-9-10-11-12-13-14-15-16-17-18(19)20/h6-7,9-10H,2-5,8,11,14-17H2,1H3,(H,19,20)/b7-6-,10-9-. The van der Waals surface area contributed by atoms with Gasteiger partial charge in [-0.25, -0.2) is 0 Å². The van der Waals surface area contributed by atoms with Crippen molar-refractivity contribution in [2.75, 3.05) is 0 Å². The van der Waals surface area contributed by atoms with Crippen molar-refractivity contribution in [3.05, 3.63) is 24.3 Å². The third-order valence-corrected chi connectivity index (χ3v) is 2.87. The van der Waals surface area contributed by atoms with E-state index in [1.54, 1.807) is 0 Å². The molecule has 0 rings (SSSR count). The van der Waals surface area contributed by atoms with Gasteiger partial charge in [0.2, 0.25) is 0 Å². The molecule has 112 valence electrons. The highest BCUT2D eigenvalue weighted by molar-refractivity contribution is 5.66. The lowest BCUT2D eigenvalue weighted by Gasteiger charge is -1.91. The van der Waals surface area contributed by atoms with E-state index in [4.69, 9.17) is 5.11 Å². The van der Waals surface area contributed by atoms with E-state index in [0.29, 0.717) is 0 Å². The van der Waals surface area contributed by atoms with Crippen molar-refractivity contribution < 1.29 is 9.90 Å². The molecular formula is C18H28O2. The predicted molar refractivity (Wildman–Crippen MR) is 85.5 cm³/mol. The van der Waals surface area contributed by atoms with E-state index in [1.807, 2.05) is 0 Å². The van der Waals surface area contributed by atoms with Crippen LogP contribution in [-0.2, 0) is 4.79 Å². The number of carboxylic acids is 1. The van der Waals surface area contributed by atoms with Crippen molar-refractivity contribution >= 4 is 5.97 Å². The second-order valence-electron chi connectivity index (χ2n) is 4.83. The minimum atomic E-state index is -0.719. The highest BCUT2D eigenvalue weighted by Crippen LogP contribution is 2.01. The number of aliphatic carboxylic acids is 1. The third-order valence-electron chi connectivity index (χ3n) is 2.87. The summed E-state index contributed by atoms with van der Waals surface area (Å²) in [7, 11) is 0.